The quantitative estimate of drug-likeness (QED) is 0.615. The summed E-state index contributed by atoms with van der Waals surface area (Å²) in [6.45, 7) is 6.36. The van der Waals surface area contributed by atoms with Gasteiger partial charge in [-0.3, -0.25) is 9.59 Å². The molecule has 24 heavy (non-hydrogen) atoms. The Balaban J connectivity index is 2.08. The Labute approximate surface area is 143 Å². The van der Waals surface area contributed by atoms with E-state index in [1.165, 1.54) is 11.1 Å². The monoisotopic (exact) mass is 332 g/mol. The zero-order valence-electron chi connectivity index (χ0n) is 14.8. The highest BCUT2D eigenvalue weighted by Gasteiger charge is 2.52. The highest BCUT2D eigenvalue weighted by atomic mass is 16.3. The molecule has 0 amide bonds. The zero-order chi connectivity index (χ0) is 17.6. The van der Waals surface area contributed by atoms with Gasteiger partial charge in [-0.1, -0.05) is 38.0 Å². The summed E-state index contributed by atoms with van der Waals surface area (Å²) in [6, 6.07) is 0. The molecule has 6 unspecified atom stereocenters. The fraction of sp³-hybridized carbons (Fsp3) is 0.700. The first-order valence-corrected chi connectivity index (χ1v) is 9.04. The molecule has 0 aromatic rings. The van der Waals surface area contributed by atoms with Gasteiger partial charge in [-0.15, -0.1) is 0 Å². The van der Waals surface area contributed by atoms with Crippen LogP contribution in [0.1, 0.15) is 46.5 Å². The number of hydrogen-bond acceptors (Lipinski definition) is 4. The van der Waals surface area contributed by atoms with Gasteiger partial charge in [0.05, 0.1) is 5.92 Å². The van der Waals surface area contributed by atoms with E-state index in [1.807, 2.05) is 19.9 Å². The van der Waals surface area contributed by atoms with Gasteiger partial charge in [-0.05, 0) is 48.5 Å². The van der Waals surface area contributed by atoms with Crippen molar-refractivity contribution in [1.29, 1.82) is 0 Å². The van der Waals surface area contributed by atoms with E-state index in [-0.39, 0.29) is 35.6 Å². The second-order valence-corrected chi connectivity index (χ2v) is 8.23. The number of aldehydes is 1. The second-order valence-electron chi connectivity index (χ2n) is 8.23. The van der Waals surface area contributed by atoms with E-state index < -0.39 is 12.0 Å². The molecule has 4 heteroatoms. The normalized spacial score (nSPS) is 42.7. The highest BCUT2D eigenvalue weighted by Crippen LogP contribution is 2.55. The number of carbonyl (C=O) groups is 2. The number of aliphatic hydroxyl groups is 2. The maximum Gasteiger partial charge on any atom is 0.169 e. The van der Waals surface area contributed by atoms with Crippen molar-refractivity contribution in [3.05, 3.63) is 22.8 Å². The van der Waals surface area contributed by atoms with E-state index in [0.29, 0.717) is 12.0 Å². The fourth-order valence-corrected chi connectivity index (χ4v) is 5.25. The Bertz CT molecular complexity index is 617. The van der Waals surface area contributed by atoms with Crippen LogP contribution in [-0.2, 0) is 9.59 Å². The molecule has 0 aromatic carbocycles. The first kappa shape index (κ1) is 17.6. The van der Waals surface area contributed by atoms with Crippen LogP contribution in [0.5, 0.6) is 0 Å². The van der Waals surface area contributed by atoms with Crippen LogP contribution in [0.3, 0.4) is 0 Å². The molecule has 0 saturated heterocycles. The lowest BCUT2D eigenvalue weighted by molar-refractivity contribution is -0.128. The Morgan fingerprint density at radius 1 is 1.46 bits per heavy atom. The van der Waals surface area contributed by atoms with Gasteiger partial charge in [0.25, 0.3) is 0 Å². The standard InChI is InChI=1S/C20H28O4/c1-11(9-21)14-6-7-20(3)8-15-12(2)18(23)19(24)17(15)13(10-22)4-5-16(14)20/h4,10-12,15,17-18,21,23H,5-9H2,1-3H3/b13-4-. The maximum absolute atomic E-state index is 12.5. The molecule has 4 nitrogen and oxygen atoms in total. The third kappa shape index (κ3) is 2.51. The van der Waals surface area contributed by atoms with E-state index in [2.05, 4.69) is 6.92 Å². The molecule has 0 heterocycles. The van der Waals surface area contributed by atoms with Gasteiger partial charge in [0.2, 0.25) is 0 Å². The van der Waals surface area contributed by atoms with Crippen LogP contribution in [0.15, 0.2) is 22.8 Å². The third-order valence-electron chi connectivity index (χ3n) is 6.85. The summed E-state index contributed by atoms with van der Waals surface area (Å²) in [5.41, 5.74) is 3.18. The van der Waals surface area contributed by atoms with Crippen LogP contribution >= 0.6 is 0 Å². The number of ketones is 1. The molecule has 0 aliphatic heterocycles. The maximum atomic E-state index is 12.5. The summed E-state index contributed by atoms with van der Waals surface area (Å²) in [5.74, 6) is -0.623. The van der Waals surface area contributed by atoms with Crippen LogP contribution in [-0.4, -0.2) is 35.0 Å². The SMILES string of the molecule is CC(CO)C1=C2C/C=C(/C=O)C3C(=O)C(O)C(C)C3CC2(C)CC1. The van der Waals surface area contributed by atoms with Crippen molar-refractivity contribution in [3.63, 3.8) is 0 Å². The lowest BCUT2D eigenvalue weighted by atomic mass is 9.67. The van der Waals surface area contributed by atoms with Crippen LogP contribution < -0.4 is 0 Å². The number of aliphatic hydroxyl groups excluding tert-OH is 2. The van der Waals surface area contributed by atoms with E-state index in [4.69, 9.17) is 0 Å². The van der Waals surface area contributed by atoms with Gasteiger partial charge in [0.15, 0.2) is 5.78 Å². The molecule has 6 atom stereocenters. The van der Waals surface area contributed by atoms with E-state index in [9.17, 15) is 19.8 Å². The van der Waals surface area contributed by atoms with Gasteiger partial charge < -0.3 is 10.2 Å². The molecule has 132 valence electrons. The van der Waals surface area contributed by atoms with Crippen LogP contribution in [0, 0.1) is 29.1 Å². The predicted octanol–water partition coefficient (Wildman–Crippen LogP) is 2.44. The predicted molar refractivity (Wildman–Crippen MR) is 91.2 cm³/mol. The lowest BCUT2D eigenvalue weighted by Crippen LogP contribution is -2.30. The minimum absolute atomic E-state index is 0.00744. The Morgan fingerprint density at radius 3 is 2.79 bits per heavy atom. The summed E-state index contributed by atoms with van der Waals surface area (Å²) >= 11 is 0. The van der Waals surface area contributed by atoms with Crippen molar-refractivity contribution in [2.45, 2.75) is 52.6 Å². The minimum Gasteiger partial charge on any atom is -0.396 e. The topological polar surface area (TPSA) is 74.6 Å². The summed E-state index contributed by atoms with van der Waals surface area (Å²) < 4.78 is 0. The Morgan fingerprint density at radius 2 is 2.17 bits per heavy atom. The fourth-order valence-electron chi connectivity index (χ4n) is 5.25. The number of rotatable bonds is 3. The summed E-state index contributed by atoms with van der Waals surface area (Å²) in [4.78, 5) is 24.1. The molecule has 1 fully saturated rings. The first-order chi connectivity index (χ1) is 11.3. The second kappa shape index (κ2) is 6.23. The number of carbonyl (C=O) groups excluding carboxylic acids is 2. The van der Waals surface area contributed by atoms with Gasteiger partial charge in [0, 0.05) is 12.5 Å². The summed E-state index contributed by atoms with van der Waals surface area (Å²) in [6.07, 6.45) is 5.22. The molecule has 2 N–H and O–H groups in total. The van der Waals surface area contributed by atoms with Crippen LogP contribution in [0.25, 0.3) is 0 Å². The van der Waals surface area contributed by atoms with E-state index >= 15 is 0 Å². The summed E-state index contributed by atoms with van der Waals surface area (Å²) in [7, 11) is 0. The smallest absolute Gasteiger partial charge is 0.169 e. The average molecular weight is 332 g/mol. The molecule has 3 rings (SSSR count). The van der Waals surface area contributed by atoms with Gasteiger partial charge >= 0.3 is 0 Å². The molecule has 0 bridgehead atoms. The number of Topliss-reactive ketones (excluding diaryl/α,β-unsaturated/α-hetero) is 1. The van der Waals surface area contributed by atoms with Crippen molar-refractivity contribution in [2.75, 3.05) is 6.61 Å². The number of hydrogen-bond donors (Lipinski definition) is 2. The minimum atomic E-state index is -0.963. The summed E-state index contributed by atoms with van der Waals surface area (Å²) in [5, 5.41) is 19.8. The van der Waals surface area contributed by atoms with Crippen molar-refractivity contribution >= 4 is 12.1 Å². The van der Waals surface area contributed by atoms with Crippen LogP contribution in [0.2, 0.25) is 0 Å². The molecule has 3 aliphatic carbocycles. The van der Waals surface area contributed by atoms with Crippen molar-refractivity contribution in [1.82, 2.24) is 0 Å². The van der Waals surface area contributed by atoms with Gasteiger partial charge in [-0.25, -0.2) is 0 Å². The first-order valence-electron chi connectivity index (χ1n) is 9.04. The molecule has 0 aromatic heterocycles. The third-order valence-corrected chi connectivity index (χ3v) is 6.85. The van der Waals surface area contributed by atoms with Gasteiger partial charge in [-0.2, -0.15) is 0 Å². The molecular formula is C20H28O4. The van der Waals surface area contributed by atoms with Crippen LogP contribution in [0.4, 0.5) is 0 Å². The molecule has 1 saturated carbocycles. The number of fused-ring (bicyclic) bond motifs is 2. The highest BCUT2D eigenvalue weighted by molar-refractivity contribution is 5.96. The number of allylic oxidation sites excluding steroid dienone is 3. The van der Waals surface area contributed by atoms with E-state index in [0.717, 1.165) is 25.5 Å². The zero-order valence-corrected chi connectivity index (χ0v) is 14.8. The van der Waals surface area contributed by atoms with Crippen molar-refractivity contribution in [2.24, 2.45) is 29.1 Å². The Hall–Kier alpha value is -1.26. The van der Waals surface area contributed by atoms with Crippen molar-refractivity contribution < 1.29 is 19.8 Å². The molecular weight excluding hydrogens is 304 g/mol. The Kier molecular flexibility index (Phi) is 4.56. The largest absolute Gasteiger partial charge is 0.396 e. The molecule has 3 aliphatic rings. The molecule has 0 spiro atoms. The van der Waals surface area contributed by atoms with E-state index in [1.54, 1.807) is 0 Å². The molecule has 0 radical (unpaired) electrons. The average Bonchev–Trinajstić information content (AvgIpc) is 2.97. The lowest BCUT2D eigenvalue weighted by Gasteiger charge is -2.36. The van der Waals surface area contributed by atoms with Crippen molar-refractivity contribution in [3.8, 4) is 0 Å². The van der Waals surface area contributed by atoms with Gasteiger partial charge in [0.1, 0.15) is 12.4 Å².